The summed E-state index contributed by atoms with van der Waals surface area (Å²) in [5, 5.41) is 3.25. The minimum atomic E-state index is -3.15. The molecule has 0 atom stereocenters. The van der Waals surface area contributed by atoms with Gasteiger partial charge in [-0.1, -0.05) is 0 Å². The molecule has 0 radical (unpaired) electrons. The van der Waals surface area contributed by atoms with E-state index in [1.807, 2.05) is 0 Å². The van der Waals surface area contributed by atoms with Crippen molar-refractivity contribution in [2.45, 2.75) is 31.6 Å². The molecule has 0 bridgehead atoms. The molecule has 0 unspecified atom stereocenters. The summed E-state index contributed by atoms with van der Waals surface area (Å²) in [5.41, 5.74) is 0. The Bertz CT molecular complexity index is 363. The first-order valence-electron chi connectivity index (χ1n) is 6.27. The van der Waals surface area contributed by atoms with Crippen molar-refractivity contribution in [2.24, 2.45) is 0 Å². The molecule has 2 aliphatic rings. The topological polar surface area (TPSA) is 52.7 Å². The fraction of sp³-hybridized carbons (Fsp3) is 1.00. The largest absolute Gasteiger partial charge is 0.314 e. The van der Waals surface area contributed by atoms with Gasteiger partial charge in [0.1, 0.15) is 0 Å². The third-order valence-electron chi connectivity index (χ3n) is 3.66. The Kier molecular flexibility index (Phi) is 3.51. The first kappa shape index (κ1) is 13.3. The lowest BCUT2D eigenvalue weighted by atomic mass is 10.1. The molecule has 0 spiro atoms. The highest BCUT2D eigenvalue weighted by molar-refractivity contribution is 7.90. The van der Waals surface area contributed by atoms with Gasteiger partial charge in [-0.3, -0.25) is 4.90 Å². The van der Waals surface area contributed by atoms with Gasteiger partial charge in [-0.15, -0.1) is 0 Å². The van der Waals surface area contributed by atoms with E-state index in [1.165, 1.54) is 0 Å². The van der Waals surface area contributed by atoms with Gasteiger partial charge in [0.15, 0.2) is 0 Å². The summed E-state index contributed by atoms with van der Waals surface area (Å²) in [6, 6.07) is 0.620. The zero-order valence-corrected chi connectivity index (χ0v) is 11.8. The lowest BCUT2D eigenvalue weighted by molar-refractivity contribution is 0.102. The lowest BCUT2D eigenvalue weighted by Gasteiger charge is -2.43. The van der Waals surface area contributed by atoms with Crippen molar-refractivity contribution in [1.29, 1.82) is 0 Å². The average molecular weight is 261 g/mol. The molecule has 2 fully saturated rings. The van der Waals surface area contributed by atoms with Crippen molar-refractivity contribution in [3.05, 3.63) is 0 Å². The van der Waals surface area contributed by atoms with Crippen LogP contribution in [0.15, 0.2) is 0 Å². The van der Waals surface area contributed by atoms with E-state index in [0.29, 0.717) is 19.1 Å². The molecule has 6 heteroatoms. The standard InChI is InChI=1S/C11H23N3O2S/c1-11(2,3)17(15,16)14-6-4-13(5-7-14)10-8-12-9-10/h10,12H,4-9H2,1-3H3. The van der Waals surface area contributed by atoms with Crippen LogP contribution in [0.25, 0.3) is 0 Å². The zero-order chi connectivity index (χ0) is 12.7. The number of hydrogen-bond acceptors (Lipinski definition) is 4. The van der Waals surface area contributed by atoms with Crippen LogP contribution in [-0.4, -0.2) is 67.7 Å². The van der Waals surface area contributed by atoms with Gasteiger partial charge in [0.2, 0.25) is 10.0 Å². The zero-order valence-electron chi connectivity index (χ0n) is 10.9. The van der Waals surface area contributed by atoms with Gasteiger partial charge in [0, 0.05) is 45.3 Å². The average Bonchev–Trinajstić information content (AvgIpc) is 2.14. The SMILES string of the molecule is CC(C)(C)S(=O)(=O)N1CCN(C2CNC2)CC1. The summed E-state index contributed by atoms with van der Waals surface area (Å²) in [7, 11) is -3.15. The fourth-order valence-electron chi connectivity index (χ4n) is 2.23. The van der Waals surface area contributed by atoms with E-state index in [4.69, 9.17) is 0 Å². The summed E-state index contributed by atoms with van der Waals surface area (Å²) < 4.78 is 25.5. The van der Waals surface area contributed by atoms with E-state index in [2.05, 4.69) is 10.2 Å². The van der Waals surface area contributed by atoms with Crippen molar-refractivity contribution in [3.8, 4) is 0 Å². The Morgan fingerprint density at radius 2 is 1.59 bits per heavy atom. The van der Waals surface area contributed by atoms with E-state index in [1.54, 1.807) is 25.1 Å². The smallest absolute Gasteiger partial charge is 0.219 e. The normalized spacial score (nSPS) is 25.8. The van der Waals surface area contributed by atoms with Gasteiger partial charge in [-0.2, -0.15) is 4.31 Å². The van der Waals surface area contributed by atoms with Crippen LogP contribution in [0.1, 0.15) is 20.8 Å². The number of nitrogens with zero attached hydrogens (tertiary/aromatic N) is 2. The highest BCUT2D eigenvalue weighted by atomic mass is 32.2. The number of piperazine rings is 1. The number of rotatable bonds is 2. The Hall–Kier alpha value is -0.170. The molecule has 2 heterocycles. The molecule has 100 valence electrons. The number of nitrogens with one attached hydrogen (secondary N) is 1. The Labute approximate surface area is 104 Å². The molecule has 1 N–H and O–H groups in total. The summed E-state index contributed by atoms with van der Waals surface area (Å²) in [4.78, 5) is 2.39. The van der Waals surface area contributed by atoms with Crippen molar-refractivity contribution < 1.29 is 8.42 Å². The first-order chi connectivity index (χ1) is 7.82. The molecule has 0 aromatic rings. The van der Waals surface area contributed by atoms with Crippen LogP contribution >= 0.6 is 0 Å². The third kappa shape index (κ3) is 2.50. The first-order valence-corrected chi connectivity index (χ1v) is 7.71. The molecule has 2 saturated heterocycles. The summed E-state index contributed by atoms with van der Waals surface area (Å²) >= 11 is 0. The highest BCUT2D eigenvalue weighted by Gasteiger charge is 2.38. The van der Waals surface area contributed by atoms with Crippen molar-refractivity contribution in [1.82, 2.24) is 14.5 Å². The summed E-state index contributed by atoms with van der Waals surface area (Å²) in [5.74, 6) is 0. The molecule has 2 aliphatic heterocycles. The minimum Gasteiger partial charge on any atom is -0.314 e. The van der Waals surface area contributed by atoms with Crippen molar-refractivity contribution in [3.63, 3.8) is 0 Å². The lowest BCUT2D eigenvalue weighted by Crippen LogP contribution is -2.62. The molecule has 0 aliphatic carbocycles. The molecular formula is C11H23N3O2S. The molecular weight excluding hydrogens is 238 g/mol. The second-order valence-corrected chi connectivity index (χ2v) is 8.56. The van der Waals surface area contributed by atoms with Crippen LogP contribution in [-0.2, 0) is 10.0 Å². The maximum Gasteiger partial charge on any atom is 0.219 e. The second-order valence-electron chi connectivity index (χ2n) is 5.86. The van der Waals surface area contributed by atoms with Crippen LogP contribution in [0.3, 0.4) is 0 Å². The maximum atomic E-state index is 12.3. The Balaban J connectivity index is 1.94. The van der Waals surface area contributed by atoms with Gasteiger partial charge < -0.3 is 5.32 Å². The van der Waals surface area contributed by atoms with Crippen LogP contribution in [0.2, 0.25) is 0 Å². The quantitative estimate of drug-likeness (QED) is 0.742. The summed E-state index contributed by atoms with van der Waals surface area (Å²) in [6.07, 6.45) is 0. The van der Waals surface area contributed by atoms with E-state index in [-0.39, 0.29) is 0 Å². The number of hydrogen-bond donors (Lipinski definition) is 1. The van der Waals surface area contributed by atoms with Crippen LogP contribution in [0.5, 0.6) is 0 Å². The molecule has 5 nitrogen and oxygen atoms in total. The van der Waals surface area contributed by atoms with E-state index in [0.717, 1.165) is 26.2 Å². The van der Waals surface area contributed by atoms with Gasteiger partial charge in [0.25, 0.3) is 0 Å². The Morgan fingerprint density at radius 3 is 1.94 bits per heavy atom. The molecule has 0 aromatic heterocycles. The molecule has 17 heavy (non-hydrogen) atoms. The van der Waals surface area contributed by atoms with Gasteiger partial charge in [-0.05, 0) is 20.8 Å². The molecule has 2 rings (SSSR count). The van der Waals surface area contributed by atoms with Gasteiger partial charge >= 0.3 is 0 Å². The van der Waals surface area contributed by atoms with Crippen LogP contribution in [0.4, 0.5) is 0 Å². The maximum absolute atomic E-state index is 12.3. The predicted octanol–water partition coefficient (Wildman–Crippen LogP) is -0.296. The minimum absolute atomic E-state index is 0.620. The Morgan fingerprint density at radius 1 is 1.06 bits per heavy atom. The molecule has 0 saturated carbocycles. The van der Waals surface area contributed by atoms with Crippen LogP contribution in [0, 0.1) is 0 Å². The van der Waals surface area contributed by atoms with Gasteiger partial charge in [0.05, 0.1) is 4.75 Å². The van der Waals surface area contributed by atoms with E-state index >= 15 is 0 Å². The second kappa shape index (κ2) is 4.50. The van der Waals surface area contributed by atoms with E-state index < -0.39 is 14.8 Å². The van der Waals surface area contributed by atoms with Gasteiger partial charge in [-0.25, -0.2) is 8.42 Å². The monoisotopic (exact) mass is 261 g/mol. The summed E-state index contributed by atoms with van der Waals surface area (Å²) in [6.45, 7) is 10.4. The van der Waals surface area contributed by atoms with E-state index in [9.17, 15) is 8.42 Å². The molecule has 0 amide bonds. The highest BCUT2D eigenvalue weighted by Crippen LogP contribution is 2.22. The van der Waals surface area contributed by atoms with Crippen molar-refractivity contribution in [2.75, 3.05) is 39.3 Å². The third-order valence-corrected chi connectivity index (χ3v) is 6.26. The van der Waals surface area contributed by atoms with Crippen molar-refractivity contribution >= 4 is 10.0 Å². The van der Waals surface area contributed by atoms with Crippen LogP contribution < -0.4 is 5.32 Å². The number of sulfonamides is 1. The fourth-order valence-corrected chi connectivity index (χ4v) is 3.65. The predicted molar refractivity (Wildman–Crippen MR) is 68.5 cm³/mol. The molecule has 0 aromatic carbocycles.